The number of nitrogens with two attached hydrogens (primary N) is 1. The molecule has 2 rings (SSSR count). The number of nitrogen functional groups attached to an aromatic ring is 1. The Labute approximate surface area is 106 Å². The zero-order valence-electron chi connectivity index (χ0n) is 10.4. The highest BCUT2D eigenvalue weighted by atomic mass is 16.5. The molecule has 0 spiro atoms. The summed E-state index contributed by atoms with van der Waals surface area (Å²) in [7, 11) is 1.59. The molecule has 1 fully saturated rings. The highest BCUT2D eigenvalue weighted by molar-refractivity contribution is 5.95. The van der Waals surface area contributed by atoms with Crippen LogP contribution in [0.4, 0.5) is 5.69 Å². The summed E-state index contributed by atoms with van der Waals surface area (Å²) >= 11 is 0. The summed E-state index contributed by atoms with van der Waals surface area (Å²) in [5.74, 6) is 0.820. The standard InChI is InChI=1S/C13H18N2O3/c1-15-13(16)10-2-3-11(14)12(6-10)18-8-9-4-5-17-7-9/h2-3,6,9H,4-5,7-8,14H2,1H3,(H,15,16). The minimum absolute atomic E-state index is 0.149. The average molecular weight is 250 g/mol. The van der Waals surface area contributed by atoms with Gasteiger partial charge in [-0.2, -0.15) is 0 Å². The number of anilines is 1. The number of hydrogen-bond acceptors (Lipinski definition) is 4. The zero-order chi connectivity index (χ0) is 13.0. The maximum atomic E-state index is 11.5. The van der Waals surface area contributed by atoms with Gasteiger partial charge in [-0.1, -0.05) is 0 Å². The lowest BCUT2D eigenvalue weighted by molar-refractivity contribution is 0.0962. The Morgan fingerprint density at radius 2 is 2.44 bits per heavy atom. The third-order valence-electron chi connectivity index (χ3n) is 3.00. The van der Waals surface area contributed by atoms with Gasteiger partial charge in [-0.25, -0.2) is 0 Å². The number of amides is 1. The van der Waals surface area contributed by atoms with Gasteiger partial charge in [0.25, 0.3) is 5.91 Å². The van der Waals surface area contributed by atoms with E-state index in [9.17, 15) is 4.79 Å². The third kappa shape index (κ3) is 2.92. The van der Waals surface area contributed by atoms with Crippen LogP contribution in [0.15, 0.2) is 18.2 Å². The first-order valence-electron chi connectivity index (χ1n) is 6.03. The minimum Gasteiger partial charge on any atom is -0.491 e. The van der Waals surface area contributed by atoms with Gasteiger partial charge in [0.1, 0.15) is 5.75 Å². The number of rotatable bonds is 4. The van der Waals surface area contributed by atoms with Crippen LogP contribution in [0.3, 0.4) is 0 Å². The average Bonchev–Trinajstić information content (AvgIpc) is 2.90. The van der Waals surface area contributed by atoms with Gasteiger partial charge in [0.05, 0.1) is 18.9 Å². The predicted molar refractivity (Wildman–Crippen MR) is 68.7 cm³/mol. The largest absolute Gasteiger partial charge is 0.491 e. The van der Waals surface area contributed by atoms with Crippen LogP contribution in [-0.2, 0) is 4.74 Å². The first-order valence-corrected chi connectivity index (χ1v) is 6.03. The second kappa shape index (κ2) is 5.73. The molecule has 0 radical (unpaired) electrons. The molecule has 1 aliphatic rings. The lowest BCUT2D eigenvalue weighted by Crippen LogP contribution is -2.18. The molecule has 5 nitrogen and oxygen atoms in total. The monoisotopic (exact) mass is 250 g/mol. The topological polar surface area (TPSA) is 73.6 Å². The molecular weight excluding hydrogens is 232 g/mol. The zero-order valence-corrected chi connectivity index (χ0v) is 10.4. The molecule has 1 aliphatic heterocycles. The van der Waals surface area contributed by atoms with E-state index in [-0.39, 0.29) is 5.91 Å². The first kappa shape index (κ1) is 12.7. The molecule has 1 aromatic rings. The number of benzene rings is 1. The molecule has 3 N–H and O–H groups in total. The molecule has 1 saturated heterocycles. The fraction of sp³-hybridized carbons (Fsp3) is 0.462. The Morgan fingerprint density at radius 1 is 1.61 bits per heavy atom. The van der Waals surface area contributed by atoms with Gasteiger partial charge in [0.2, 0.25) is 0 Å². The van der Waals surface area contributed by atoms with Crippen LogP contribution in [0.5, 0.6) is 5.75 Å². The summed E-state index contributed by atoms with van der Waals surface area (Å²) in [5.41, 5.74) is 6.92. The number of nitrogens with one attached hydrogen (secondary N) is 1. The summed E-state index contributed by atoms with van der Waals surface area (Å²) in [5, 5.41) is 2.57. The van der Waals surface area contributed by atoms with Gasteiger partial charge in [0, 0.05) is 25.1 Å². The Kier molecular flexibility index (Phi) is 4.04. The van der Waals surface area contributed by atoms with E-state index in [1.165, 1.54) is 0 Å². The highest BCUT2D eigenvalue weighted by Gasteiger charge is 2.17. The van der Waals surface area contributed by atoms with E-state index in [4.69, 9.17) is 15.2 Å². The molecule has 0 bridgehead atoms. The van der Waals surface area contributed by atoms with E-state index >= 15 is 0 Å². The normalized spacial score (nSPS) is 18.6. The van der Waals surface area contributed by atoms with Crippen molar-refractivity contribution in [3.05, 3.63) is 23.8 Å². The van der Waals surface area contributed by atoms with Gasteiger partial charge in [0.15, 0.2) is 0 Å². The minimum atomic E-state index is -0.149. The maximum Gasteiger partial charge on any atom is 0.251 e. The van der Waals surface area contributed by atoms with Crippen molar-refractivity contribution in [1.29, 1.82) is 0 Å². The lowest BCUT2D eigenvalue weighted by atomic mass is 10.1. The Hall–Kier alpha value is -1.75. The van der Waals surface area contributed by atoms with E-state index in [2.05, 4.69) is 5.32 Å². The summed E-state index contributed by atoms with van der Waals surface area (Å²) in [6.45, 7) is 2.10. The quantitative estimate of drug-likeness (QED) is 0.783. The van der Waals surface area contributed by atoms with Crippen LogP contribution in [0.25, 0.3) is 0 Å². The van der Waals surface area contributed by atoms with E-state index in [1.807, 2.05) is 0 Å². The van der Waals surface area contributed by atoms with Crippen molar-refractivity contribution in [2.24, 2.45) is 5.92 Å². The van der Waals surface area contributed by atoms with Gasteiger partial charge in [-0.3, -0.25) is 4.79 Å². The summed E-state index contributed by atoms with van der Waals surface area (Å²) < 4.78 is 11.0. The molecule has 1 atom stereocenters. The van der Waals surface area contributed by atoms with Crippen molar-refractivity contribution in [2.75, 3.05) is 32.6 Å². The van der Waals surface area contributed by atoms with Crippen LogP contribution in [-0.4, -0.2) is 32.8 Å². The molecule has 0 saturated carbocycles. The van der Waals surface area contributed by atoms with Crippen LogP contribution < -0.4 is 15.8 Å². The van der Waals surface area contributed by atoms with Crippen molar-refractivity contribution in [3.8, 4) is 5.75 Å². The molecular formula is C13H18N2O3. The molecule has 0 aromatic heterocycles. The summed E-state index contributed by atoms with van der Waals surface area (Å²) in [6.07, 6.45) is 1.01. The molecule has 1 heterocycles. The molecule has 18 heavy (non-hydrogen) atoms. The Morgan fingerprint density at radius 3 is 3.11 bits per heavy atom. The summed E-state index contributed by atoms with van der Waals surface area (Å²) in [4.78, 5) is 11.5. The van der Waals surface area contributed by atoms with Crippen LogP contribution in [0, 0.1) is 5.92 Å². The van der Waals surface area contributed by atoms with Gasteiger partial charge < -0.3 is 20.5 Å². The molecule has 5 heteroatoms. The van der Waals surface area contributed by atoms with Crippen molar-refractivity contribution in [2.45, 2.75) is 6.42 Å². The molecule has 1 amide bonds. The van der Waals surface area contributed by atoms with Crippen LogP contribution in [0.2, 0.25) is 0 Å². The highest BCUT2D eigenvalue weighted by Crippen LogP contribution is 2.24. The van der Waals surface area contributed by atoms with Gasteiger partial charge in [-0.05, 0) is 24.6 Å². The van der Waals surface area contributed by atoms with Crippen molar-refractivity contribution < 1.29 is 14.3 Å². The van der Waals surface area contributed by atoms with Crippen molar-refractivity contribution in [3.63, 3.8) is 0 Å². The smallest absolute Gasteiger partial charge is 0.251 e. The summed E-state index contributed by atoms with van der Waals surface area (Å²) in [6, 6.07) is 5.04. The number of carbonyl (C=O) groups excluding carboxylic acids is 1. The van der Waals surface area contributed by atoms with Gasteiger partial charge in [-0.15, -0.1) is 0 Å². The van der Waals surface area contributed by atoms with E-state index in [0.29, 0.717) is 29.5 Å². The van der Waals surface area contributed by atoms with E-state index < -0.39 is 0 Å². The lowest BCUT2D eigenvalue weighted by Gasteiger charge is -2.13. The van der Waals surface area contributed by atoms with E-state index in [1.54, 1.807) is 25.2 Å². The molecule has 0 aliphatic carbocycles. The Bertz CT molecular complexity index is 428. The maximum absolute atomic E-state index is 11.5. The van der Waals surface area contributed by atoms with Crippen LogP contribution in [0.1, 0.15) is 16.8 Å². The van der Waals surface area contributed by atoms with Crippen molar-refractivity contribution >= 4 is 11.6 Å². The fourth-order valence-corrected chi connectivity index (χ4v) is 1.87. The second-order valence-corrected chi connectivity index (χ2v) is 4.37. The van der Waals surface area contributed by atoms with Crippen molar-refractivity contribution in [1.82, 2.24) is 5.32 Å². The van der Waals surface area contributed by atoms with Crippen LogP contribution >= 0.6 is 0 Å². The first-order chi connectivity index (χ1) is 8.70. The molecule has 1 aromatic carbocycles. The van der Waals surface area contributed by atoms with E-state index in [0.717, 1.165) is 19.6 Å². The SMILES string of the molecule is CNC(=O)c1ccc(N)c(OCC2CCOC2)c1. The predicted octanol–water partition coefficient (Wildman–Crippen LogP) is 1.04. The second-order valence-electron chi connectivity index (χ2n) is 4.37. The van der Waals surface area contributed by atoms with Gasteiger partial charge >= 0.3 is 0 Å². The molecule has 1 unspecified atom stereocenters. The third-order valence-corrected chi connectivity index (χ3v) is 3.00. The number of carbonyl (C=O) groups is 1. The number of ether oxygens (including phenoxy) is 2. The fourth-order valence-electron chi connectivity index (χ4n) is 1.87. The number of hydrogen-bond donors (Lipinski definition) is 2. The molecule has 98 valence electrons. The Balaban J connectivity index is 2.03.